The van der Waals surface area contributed by atoms with E-state index in [1.807, 2.05) is 24.3 Å². The maximum absolute atomic E-state index is 13.4. The van der Waals surface area contributed by atoms with Crippen LogP contribution in [0.1, 0.15) is 28.1 Å². The number of furan rings is 1. The first kappa shape index (κ1) is 21.8. The van der Waals surface area contributed by atoms with Gasteiger partial charge in [0.1, 0.15) is 12.1 Å². The predicted octanol–water partition coefficient (Wildman–Crippen LogP) is 0.556. The molecule has 168 valence electrons. The van der Waals surface area contributed by atoms with E-state index in [4.69, 9.17) is 9.15 Å². The van der Waals surface area contributed by atoms with Gasteiger partial charge in [-0.25, -0.2) is 4.79 Å². The van der Waals surface area contributed by atoms with Gasteiger partial charge in [0.2, 0.25) is 0 Å². The Morgan fingerprint density at radius 2 is 1.84 bits per heavy atom. The largest absolute Gasteiger partial charge is 0.467 e. The van der Waals surface area contributed by atoms with Gasteiger partial charge in [-0.05, 0) is 23.3 Å². The molecule has 2 aromatic rings. The summed E-state index contributed by atoms with van der Waals surface area (Å²) in [6.07, 6.45) is 0.395. The van der Waals surface area contributed by atoms with E-state index in [1.54, 1.807) is 6.07 Å². The smallest absolute Gasteiger partial charge is 0.328 e. The second kappa shape index (κ2) is 8.97. The van der Waals surface area contributed by atoms with Crippen molar-refractivity contribution in [3.8, 4) is 0 Å². The lowest BCUT2D eigenvalue weighted by Crippen LogP contribution is -2.53. The number of aliphatic hydroxyl groups excluding tert-OH is 2. The monoisotopic (exact) mass is 440 g/mol. The number of methoxy groups -OCH3 is 1. The highest BCUT2D eigenvalue weighted by atomic mass is 16.5. The first-order valence-electron chi connectivity index (χ1n) is 10.3. The molecule has 0 spiro atoms. The van der Waals surface area contributed by atoms with Gasteiger partial charge in [-0.3, -0.25) is 9.59 Å². The summed E-state index contributed by atoms with van der Waals surface area (Å²) < 4.78 is 9.97. The molecule has 0 bridgehead atoms. The molecule has 9 heteroatoms. The van der Waals surface area contributed by atoms with E-state index in [9.17, 15) is 24.6 Å². The van der Waals surface area contributed by atoms with Gasteiger partial charge < -0.3 is 29.6 Å². The molecule has 0 fully saturated rings. The normalized spacial score (nSPS) is 24.8. The van der Waals surface area contributed by atoms with Crippen LogP contribution in [-0.2, 0) is 27.3 Å². The van der Waals surface area contributed by atoms with E-state index < -0.39 is 42.1 Å². The molecule has 1 aromatic heterocycles. The summed E-state index contributed by atoms with van der Waals surface area (Å²) in [5.74, 6) is -1.54. The van der Waals surface area contributed by atoms with Gasteiger partial charge in [-0.2, -0.15) is 0 Å². The van der Waals surface area contributed by atoms with Crippen LogP contribution in [0, 0.1) is 0 Å². The van der Waals surface area contributed by atoms with Crippen molar-refractivity contribution in [2.24, 2.45) is 0 Å². The van der Waals surface area contributed by atoms with E-state index in [1.165, 1.54) is 30.4 Å². The molecule has 2 aliphatic rings. The fourth-order valence-electron chi connectivity index (χ4n) is 4.15. The van der Waals surface area contributed by atoms with Gasteiger partial charge in [0.15, 0.2) is 5.76 Å². The molecule has 9 nitrogen and oxygen atoms in total. The number of nitrogens with one attached hydrogen (secondary N) is 1. The third kappa shape index (κ3) is 4.17. The number of carbonyl (C=O) groups excluding carboxylic acids is 3. The van der Waals surface area contributed by atoms with Crippen LogP contribution in [-0.4, -0.2) is 64.3 Å². The molecule has 2 amide bonds. The van der Waals surface area contributed by atoms with Crippen molar-refractivity contribution in [2.45, 2.75) is 43.7 Å². The van der Waals surface area contributed by atoms with Gasteiger partial charge in [-0.15, -0.1) is 0 Å². The van der Waals surface area contributed by atoms with Crippen LogP contribution >= 0.6 is 0 Å². The third-order valence-corrected chi connectivity index (χ3v) is 5.87. The van der Waals surface area contributed by atoms with Crippen LogP contribution in [0.5, 0.6) is 0 Å². The van der Waals surface area contributed by atoms with Gasteiger partial charge in [0, 0.05) is 25.0 Å². The second-order valence-electron chi connectivity index (χ2n) is 7.88. The van der Waals surface area contributed by atoms with Gasteiger partial charge >= 0.3 is 5.97 Å². The Kier molecular flexibility index (Phi) is 6.11. The Bertz CT molecular complexity index is 1050. The van der Waals surface area contributed by atoms with E-state index >= 15 is 0 Å². The van der Waals surface area contributed by atoms with Crippen LogP contribution in [0.25, 0.3) is 0 Å². The molecule has 1 aromatic carbocycles. The SMILES string of the molecule is COC(=O)[C@@H]1Cc2ccccc2CN1C(=O)C1=C[C@@H](NC(=O)c2ccco2)[C@@H](O)[C@H](O)C1. The average Bonchev–Trinajstić information content (AvgIpc) is 3.35. The highest BCUT2D eigenvalue weighted by Crippen LogP contribution is 2.28. The van der Waals surface area contributed by atoms with Crippen molar-refractivity contribution in [3.63, 3.8) is 0 Å². The van der Waals surface area contributed by atoms with E-state index in [0.717, 1.165) is 11.1 Å². The van der Waals surface area contributed by atoms with Crippen molar-refractivity contribution in [1.29, 1.82) is 0 Å². The zero-order chi connectivity index (χ0) is 22.8. The maximum atomic E-state index is 13.4. The van der Waals surface area contributed by atoms with Crippen LogP contribution in [0.4, 0.5) is 0 Å². The Morgan fingerprint density at radius 3 is 2.53 bits per heavy atom. The lowest BCUT2D eigenvalue weighted by Gasteiger charge is -2.38. The quantitative estimate of drug-likeness (QED) is 0.593. The summed E-state index contributed by atoms with van der Waals surface area (Å²) in [6.45, 7) is 0.203. The van der Waals surface area contributed by atoms with Gasteiger partial charge in [-0.1, -0.05) is 30.3 Å². The molecular weight excluding hydrogens is 416 g/mol. The van der Waals surface area contributed by atoms with E-state index in [-0.39, 0.29) is 24.3 Å². The van der Waals surface area contributed by atoms with Crippen molar-refractivity contribution < 1.29 is 33.8 Å². The zero-order valence-corrected chi connectivity index (χ0v) is 17.4. The number of ether oxygens (including phenoxy) is 1. The average molecular weight is 440 g/mol. The van der Waals surface area contributed by atoms with Gasteiger partial charge in [0.05, 0.1) is 25.5 Å². The Balaban J connectivity index is 1.61. The first-order valence-corrected chi connectivity index (χ1v) is 10.3. The second-order valence-corrected chi connectivity index (χ2v) is 7.88. The van der Waals surface area contributed by atoms with Crippen molar-refractivity contribution >= 4 is 17.8 Å². The molecule has 0 radical (unpaired) electrons. The number of hydrogen-bond acceptors (Lipinski definition) is 7. The fourth-order valence-corrected chi connectivity index (χ4v) is 4.15. The van der Waals surface area contributed by atoms with E-state index in [0.29, 0.717) is 6.42 Å². The summed E-state index contributed by atoms with van der Waals surface area (Å²) >= 11 is 0. The summed E-state index contributed by atoms with van der Waals surface area (Å²) in [6, 6.07) is 8.72. The van der Waals surface area contributed by atoms with Crippen molar-refractivity contribution in [2.75, 3.05) is 7.11 Å². The Labute approximate surface area is 184 Å². The number of esters is 1. The molecule has 1 aliphatic heterocycles. The number of rotatable bonds is 4. The molecule has 0 saturated carbocycles. The summed E-state index contributed by atoms with van der Waals surface area (Å²) in [4.78, 5) is 39.6. The summed E-state index contributed by atoms with van der Waals surface area (Å²) in [7, 11) is 1.27. The zero-order valence-electron chi connectivity index (χ0n) is 17.4. The minimum absolute atomic E-state index is 0.0388. The van der Waals surface area contributed by atoms with Gasteiger partial charge in [0.25, 0.3) is 11.8 Å². The lowest BCUT2D eigenvalue weighted by molar-refractivity contribution is -0.152. The molecular formula is C23H24N2O7. The van der Waals surface area contributed by atoms with Crippen LogP contribution in [0.15, 0.2) is 58.7 Å². The number of amides is 2. The van der Waals surface area contributed by atoms with Crippen molar-refractivity contribution in [3.05, 3.63) is 71.2 Å². The minimum Gasteiger partial charge on any atom is -0.467 e. The Hall–Kier alpha value is -3.43. The predicted molar refractivity (Wildman–Crippen MR) is 111 cm³/mol. The number of aliphatic hydroxyl groups is 2. The molecule has 0 unspecified atom stereocenters. The standard InChI is InChI=1S/C23H24N2O7/c1-31-23(30)17-10-13-5-2-3-6-14(13)12-25(17)22(29)15-9-16(20(27)18(26)11-15)24-21(28)19-7-4-8-32-19/h2-9,16-18,20,26-27H,10-12H2,1H3,(H,24,28)/t16-,17+,18-,20-/m1/s1. The molecule has 3 N–H and O–H groups in total. The molecule has 4 rings (SSSR count). The molecule has 32 heavy (non-hydrogen) atoms. The van der Waals surface area contributed by atoms with Crippen molar-refractivity contribution in [1.82, 2.24) is 10.2 Å². The highest BCUT2D eigenvalue weighted by Gasteiger charge is 2.40. The van der Waals surface area contributed by atoms with Crippen LogP contribution < -0.4 is 5.32 Å². The fraction of sp³-hybridized carbons (Fsp3) is 0.348. The Morgan fingerprint density at radius 1 is 1.09 bits per heavy atom. The molecule has 1 aliphatic carbocycles. The highest BCUT2D eigenvalue weighted by molar-refractivity contribution is 5.97. The topological polar surface area (TPSA) is 129 Å². The van der Waals surface area contributed by atoms with E-state index in [2.05, 4.69) is 5.32 Å². The summed E-state index contributed by atoms with van der Waals surface area (Å²) in [5.41, 5.74) is 2.07. The summed E-state index contributed by atoms with van der Waals surface area (Å²) in [5, 5.41) is 23.3. The molecule has 2 heterocycles. The number of carbonyl (C=O) groups is 3. The lowest BCUT2D eigenvalue weighted by atomic mass is 9.88. The number of fused-ring (bicyclic) bond motifs is 1. The molecule has 0 saturated heterocycles. The molecule has 4 atom stereocenters. The van der Waals surface area contributed by atoms with Crippen LogP contribution in [0.2, 0.25) is 0 Å². The third-order valence-electron chi connectivity index (χ3n) is 5.87. The van der Waals surface area contributed by atoms with Crippen LogP contribution in [0.3, 0.4) is 0 Å². The maximum Gasteiger partial charge on any atom is 0.328 e. The number of benzene rings is 1. The number of hydrogen-bond donors (Lipinski definition) is 3. The minimum atomic E-state index is -1.30. The number of nitrogens with zero attached hydrogens (tertiary/aromatic N) is 1. The first-order chi connectivity index (χ1) is 15.4.